The van der Waals surface area contributed by atoms with E-state index in [0.717, 1.165) is 59.0 Å². The first-order chi connectivity index (χ1) is 17.5. The van der Waals surface area contributed by atoms with Gasteiger partial charge in [-0.15, -0.1) is 0 Å². The Morgan fingerprint density at radius 3 is 2.33 bits per heavy atom. The lowest BCUT2D eigenvalue weighted by Crippen LogP contribution is -2.28. The SMILES string of the molecule is CCCCN(C)C(=O)c1ccc(-c2ccc3ncc(C(=O)CCC)c(Cc4ccccc4)c3c2)cn1. The van der Waals surface area contributed by atoms with E-state index in [-0.39, 0.29) is 11.7 Å². The third kappa shape index (κ3) is 5.68. The molecule has 5 heteroatoms. The van der Waals surface area contributed by atoms with E-state index < -0.39 is 0 Å². The molecule has 0 radical (unpaired) electrons. The van der Waals surface area contributed by atoms with Crippen molar-refractivity contribution in [2.24, 2.45) is 0 Å². The van der Waals surface area contributed by atoms with Gasteiger partial charge in [-0.1, -0.05) is 62.7 Å². The number of unbranched alkanes of at least 4 members (excludes halogenated alkanes) is 1. The molecule has 0 N–H and O–H groups in total. The molecule has 184 valence electrons. The summed E-state index contributed by atoms with van der Waals surface area (Å²) in [7, 11) is 1.82. The second-order valence-electron chi connectivity index (χ2n) is 9.23. The van der Waals surface area contributed by atoms with Crippen LogP contribution in [-0.4, -0.2) is 40.2 Å². The maximum Gasteiger partial charge on any atom is 0.272 e. The summed E-state index contributed by atoms with van der Waals surface area (Å²) in [5, 5.41) is 0.970. The molecule has 4 rings (SSSR count). The first-order valence-corrected chi connectivity index (χ1v) is 12.7. The Labute approximate surface area is 213 Å². The smallest absolute Gasteiger partial charge is 0.272 e. The van der Waals surface area contributed by atoms with E-state index >= 15 is 0 Å². The average Bonchev–Trinajstić information content (AvgIpc) is 2.92. The van der Waals surface area contributed by atoms with Crippen LogP contribution in [0.25, 0.3) is 22.0 Å². The first kappa shape index (κ1) is 25.2. The monoisotopic (exact) mass is 479 g/mol. The van der Waals surface area contributed by atoms with E-state index in [4.69, 9.17) is 0 Å². The summed E-state index contributed by atoms with van der Waals surface area (Å²) < 4.78 is 0. The van der Waals surface area contributed by atoms with Crippen molar-refractivity contribution >= 4 is 22.6 Å². The van der Waals surface area contributed by atoms with E-state index in [1.165, 1.54) is 0 Å². The lowest BCUT2D eigenvalue weighted by atomic mass is 9.92. The summed E-state index contributed by atoms with van der Waals surface area (Å²) in [6, 6.07) is 20.0. The van der Waals surface area contributed by atoms with Gasteiger partial charge in [-0.3, -0.25) is 19.6 Å². The Balaban J connectivity index is 1.72. The Morgan fingerprint density at radius 2 is 1.64 bits per heavy atom. The minimum atomic E-state index is -0.0677. The third-order valence-electron chi connectivity index (χ3n) is 6.49. The van der Waals surface area contributed by atoms with Gasteiger partial charge in [0.1, 0.15) is 5.69 Å². The molecule has 5 nitrogen and oxygen atoms in total. The van der Waals surface area contributed by atoms with Crippen LogP contribution in [-0.2, 0) is 6.42 Å². The summed E-state index contributed by atoms with van der Waals surface area (Å²) in [5.74, 6) is 0.0573. The topological polar surface area (TPSA) is 63.2 Å². The number of amides is 1. The average molecular weight is 480 g/mol. The van der Waals surface area contributed by atoms with Crippen LogP contribution in [0.4, 0.5) is 0 Å². The van der Waals surface area contributed by atoms with Crippen molar-refractivity contribution in [3.63, 3.8) is 0 Å². The number of hydrogen-bond donors (Lipinski definition) is 0. The number of ketones is 1. The highest BCUT2D eigenvalue weighted by Gasteiger charge is 2.17. The number of carbonyl (C=O) groups is 2. The molecule has 1 amide bonds. The number of carbonyl (C=O) groups excluding carboxylic acids is 2. The van der Waals surface area contributed by atoms with Gasteiger partial charge in [0.05, 0.1) is 5.52 Å². The van der Waals surface area contributed by atoms with Gasteiger partial charge < -0.3 is 4.90 Å². The first-order valence-electron chi connectivity index (χ1n) is 12.7. The molecule has 0 aliphatic carbocycles. The lowest BCUT2D eigenvalue weighted by Gasteiger charge is -2.16. The van der Waals surface area contributed by atoms with E-state index in [0.29, 0.717) is 24.1 Å². The molecule has 0 aliphatic rings. The molecule has 0 saturated heterocycles. The molecule has 4 aromatic rings. The van der Waals surface area contributed by atoms with Gasteiger partial charge in [0.25, 0.3) is 5.91 Å². The zero-order valence-corrected chi connectivity index (χ0v) is 21.3. The van der Waals surface area contributed by atoms with Crippen molar-refractivity contribution in [3.8, 4) is 11.1 Å². The fourth-order valence-electron chi connectivity index (χ4n) is 4.40. The van der Waals surface area contributed by atoms with Gasteiger partial charge >= 0.3 is 0 Å². The predicted molar refractivity (Wildman–Crippen MR) is 145 cm³/mol. The Hall–Kier alpha value is -3.86. The Kier molecular flexibility index (Phi) is 8.21. The zero-order chi connectivity index (χ0) is 25.5. The number of fused-ring (bicyclic) bond motifs is 1. The minimum Gasteiger partial charge on any atom is -0.340 e. The molecular weight excluding hydrogens is 446 g/mol. The predicted octanol–water partition coefficient (Wildman–Crippen LogP) is 6.74. The summed E-state index contributed by atoms with van der Waals surface area (Å²) in [6.07, 6.45) is 7.45. The minimum absolute atomic E-state index is 0.0677. The van der Waals surface area contributed by atoms with Crippen LogP contribution in [0.15, 0.2) is 73.1 Å². The van der Waals surface area contributed by atoms with Crippen LogP contribution in [0.2, 0.25) is 0 Å². The largest absolute Gasteiger partial charge is 0.340 e. The van der Waals surface area contributed by atoms with Crippen molar-refractivity contribution in [2.75, 3.05) is 13.6 Å². The molecule has 0 unspecified atom stereocenters. The highest BCUT2D eigenvalue weighted by atomic mass is 16.2. The molecule has 2 aromatic carbocycles. The van der Waals surface area contributed by atoms with Crippen LogP contribution >= 0.6 is 0 Å². The molecule has 0 saturated carbocycles. The maximum absolute atomic E-state index is 13.0. The number of hydrogen-bond acceptors (Lipinski definition) is 4. The van der Waals surface area contributed by atoms with Crippen molar-refractivity contribution in [1.29, 1.82) is 0 Å². The van der Waals surface area contributed by atoms with Gasteiger partial charge in [0, 0.05) is 48.9 Å². The van der Waals surface area contributed by atoms with Crippen molar-refractivity contribution in [2.45, 2.75) is 46.0 Å². The van der Waals surface area contributed by atoms with Crippen LogP contribution in [0.3, 0.4) is 0 Å². The molecule has 0 fully saturated rings. The molecule has 2 aromatic heterocycles. The van der Waals surface area contributed by atoms with Crippen molar-refractivity contribution in [3.05, 3.63) is 95.4 Å². The zero-order valence-electron chi connectivity index (χ0n) is 21.3. The fraction of sp³-hybridized carbons (Fsp3) is 0.290. The standard InChI is InChI=1S/C31H33N3O2/c1-4-6-17-34(3)31(36)29-16-14-24(20-32-29)23-13-15-28-26(19-23)25(18-22-11-8-7-9-12-22)27(21-33-28)30(35)10-5-2/h7-9,11-16,19-21H,4-6,10,17-18H2,1-3H3. The van der Waals surface area contributed by atoms with Crippen LogP contribution < -0.4 is 0 Å². The van der Waals surface area contributed by atoms with Crippen molar-refractivity contribution in [1.82, 2.24) is 14.9 Å². The molecule has 36 heavy (non-hydrogen) atoms. The van der Waals surface area contributed by atoms with Gasteiger partial charge in [-0.05, 0) is 54.2 Å². The normalized spacial score (nSPS) is 11.0. The number of rotatable bonds is 10. The molecule has 2 heterocycles. The molecular formula is C31H33N3O2. The van der Waals surface area contributed by atoms with Crippen LogP contribution in [0.1, 0.15) is 71.5 Å². The highest BCUT2D eigenvalue weighted by Crippen LogP contribution is 2.29. The fourth-order valence-corrected chi connectivity index (χ4v) is 4.40. The lowest BCUT2D eigenvalue weighted by molar-refractivity contribution is 0.0787. The van der Waals surface area contributed by atoms with Crippen LogP contribution in [0, 0.1) is 0 Å². The van der Waals surface area contributed by atoms with Crippen molar-refractivity contribution < 1.29 is 9.59 Å². The highest BCUT2D eigenvalue weighted by molar-refractivity contribution is 6.02. The molecule has 0 aliphatic heterocycles. The Morgan fingerprint density at radius 1 is 0.861 bits per heavy atom. The Bertz CT molecular complexity index is 1350. The second kappa shape index (κ2) is 11.7. The summed E-state index contributed by atoms with van der Waals surface area (Å²) in [5.41, 5.74) is 6.04. The molecule has 0 bridgehead atoms. The van der Waals surface area contributed by atoms with E-state index in [1.54, 1.807) is 23.4 Å². The quantitative estimate of drug-likeness (QED) is 0.236. The molecule has 0 spiro atoms. The van der Waals surface area contributed by atoms with E-state index in [9.17, 15) is 9.59 Å². The maximum atomic E-state index is 13.0. The third-order valence-corrected chi connectivity index (χ3v) is 6.49. The summed E-state index contributed by atoms with van der Waals surface area (Å²) >= 11 is 0. The van der Waals surface area contributed by atoms with E-state index in [2.05, 4.69) is 35.1 Å². The number of Topliss-reactive ketones (excluding diaryl/α,β-unsaturated/α-hetero) is 1. The van der Waals surface area contributed by atoms with Gasteiger partial charge in [-0.25, -0.2) is 0 Å². The van der Waals surface area contributed by atoms with Gasteiger partial charge in [0.15, 0.2) is 5.78 Å². The van der Waals surface area contributed by atoms with Gasteiger partial charge in [0.2, 0.25) is 0 Å². The number of nitrogens with zero attached hydrogens (tertiary/aromatic N) is 3. The number of benzene rings is 2. The van der Waals surface area contributed by atoms with Gasteiger partial charge in [-0.2, -0.15) is 0 Å². The molecule has 0 atom stereocenters. The van der Waals surface area contributed by atoms with Crippen LogP contribution in [0.5, 0.6) is 0 Å². The number of pyridine rings is 2. The van der Waals surface area contributed by atoms with E-state index in [1.807, 2.05) is 50.4 Å². The second-order valence-corrected chi connectivity index (χ2v) is 9.23. The summed E-state index contributed by atoms with van der Waals surface area (Å²) in [6.45, 7) is 4.85. The number of aromatic nitrogens is 2. The summed E-state index contributed by atoms with van der Waals surface area (Å²) in [4.78, 5) is 36.5.